The maximum atomic E-state index is 13.5. The first kappa shape index (κ1) is 26.8. The van der Waals surface area contributed by atoms with Crippen molar-refractivity contribution < 1.29 is 31.5 Å². The first-order chi connectivity index (χ1) is 19.0. The number of halogens is 5. The van der Waals surface area contributed by atoms with Gasteiger partial charge in [0.25, 0.3) is 5.91 Å². The summed E-state index contributed by atoms with van der Waals surface area (Å²) in [6.07, 6.45) is -3.01. The molecule has 214 valence electrons. The molecule has 0 spiro atoms. The maximum absolute atomic E-state index is 13.5. The van der Waals surface area contributed by atoms with Gasteiger partial charge in [0.05, 0.1) is 11.5 Å². The first-order valence-corrected chi connectivity index (χ1v) is 13.8. The highest BCUT2D eigenvalue weighted by Crippen LogP contribution is 2.42. The molecule has 0 aromatic carbocycles. The summed E-state index contributed by atoms with van der Waals surface area (Å²) in [7, 11) is 1.38. The Morgan fingerprint density at radius 3 is 2.60 bits per heavy atom. The summed E-state index contributed by atoms with van der Waals surface area (Å²) in [5.41, 5.74) is 0.105. The fourth-order valence-electron chi connectivity index (χ4n) is 5.20. The van der Waals surface area contributed by atoms with Gasteiger partial charge in [-0.05, 0) is 37.7 Å². The van der Waals surface area contributed by atoms with Gasteiger partial charge >= 0.3 is 6.18 Å². The Kier molecular flexibility index (Phi) is 6.66. The highest BCUT2D eigenvalue weighted by Gasteiger charge is 2.44. The monoisotopic (exact) mass is 583 g/mol. The molecule has 0 aliphatic heterocycles. The van der Waals surface area contributed by atoms with Gasteiger partial charge in [-0.2, -0.15) is 18.3 Å². The number of ketones is 1. The van der Waals surface area contributed by atoms with Crippen LogP contribution in [0, 0.1) is 11.8 Å². The molecular weight excluding hydrogens is 557 g/mol. The highest BCUT2D eigenvalue weighted by molar-refractivity contribution is 7.12. The molecule has 3 aromatic heterocycles. The normalized spacial score (nSPS) is 25.4. The molecule has 0 bridgehead atoms. The minimum atomic E-state index is -4.60. The van der Waals surface area contributed by atoms with Gasteiger partial charge in [0.15, 0.2) is 5.69 Å². The smallest absolute Gasteiger partial charge is 0.352 e. The van der Waals surface area contributed by atoms with Crippen molar-refractivity contribution in [3.8, 4) is 0 Å². The van der Waals surface area contributed by atoms with Crippen molar-refractivity contribution in [2.75, 3.05) is 11.9 Å². The van der Waals surface area contributed by atoms with E-state index in [1.807, 2.05) is 0 Å². The molecule has 2 saturated carbocycles. The topological polar surface area (TPSA) is 107 Å². The Bertz CT molecular complexity index is 1460. The number of nitrogens with zero attached hydrogens (tertiary/aromatic N) is 5. The molecule has 2 fully saturated rings. The van der Waals surface area contributed by atoms with Gasteiger partial charge in [-0.1, -0.05) is 0 Å². The third-order valence-corrected chi connectivity index (χ3v) is 9.03. The van der Waals surface area contributed by atoms with Crippen molar-refractivity contribution in [1.29, 1.82) is 0 Å². The van der Waals surface area contributed by atoms with Gasteiger partial charge in [0.2, 0.25) is 5.95 Å². The first-order valence-electron chi connectivity index (χ1n) is 13.0. The van der Waals surface area contributed by atoms with Crippen molar-refractivity contribution in [1.82, 2.24) is 29.9 Å². The molecule has 3 aliphatic rings. The molecule has 6 rings (SSSR count). The van der Waals surface area contributed by atoms with Crippen LogP contribution in [0.3, 0.4) is 0 Å². The fraction of sp³-hybridized carbons (Fsp3) is 0.560. The number of amides is 1. The van der Waals surface area contributed by atoms with Crippen LogP contribution in [-0.4, -0.2) is 55.1 Å². The lowest BCUT2D eigenvalue weighted by Gasteiger charge is -2.25. The zero-order chi connectivity index (χ0) is 28.3. The van der Waals surface area contributed by atoms with E-state index < -0.39 is 30.1 Å². The molecule has 3 heterocycles. The minimum Gasteiger partial charge on any atom is -0.352 e. The molecule has 9 nitrogen and oxygen atoms in total. The Morgan fingerprint density at radius 1 is 1.20 bits per heavy atom. The molecule has 3 aliphatic carbocycles. The average Bonchev–Trinajstić information content (AvgIpc) is 3.59. The Labute approximate surface area is 229 Å². The zero-order valence-corrected chi connectivity index (χ0v) is 22.2. The molecule has 0 radical (unpaired) electrons. The number of hydrogen-bond donors (Lipinski definition) is 2. The van der Waals surface area contributed by atoms with Crippen LogP contribution in [0.5, 0.6) is 0 Å². The number of thiophene rings is 1. The number of Topliss-reactive ketones (excluding diaryl/α,β-unsaturated/α-hetero) is 1. The molecule has 5 atom stereocenters. The van der Waals surface area contributed by atoms with Crippen LogP contribution >= 0.6 is 11.3 Å². The van der Waals surface area contributed by atoms with E-state index in [4.69, 9.17) is 0 Å². The summed E-state index contributed by atoms with van der Waals surface area (Å²) in [6, 6.07) is 0.647. The number of nitrogens with one attached hydrogen (secondary N) is 2. The number of fused-ring (bicyclic) bond motifs is 1. The lowest BCUT2D eigenvalue weighted by atomic mass is 9.90. The standard InChI is InChI=1S/C25H26F5N7O2S/c1-36-21(8-20(35-36)25(28,29)30)33-24-34-32-10-37(24)12-2-3-18-14(5-12)22(23(39)31-9-11-4-15(11)26)19(40-18)7-17(38)13-6-16(13)27/h8,10-13,15-16H,2-7,9H2,1H3,(H,31,39)(H,33,34)/t11-,12-,13-,15-,16+/m0/s1. The second-order valence-corrected chi connectivity index (χ2v) is 11.8. The summed E-state index contributed by atoms with van der Waals surface area (Å²) in [4.78, 5) is 27.5. The van der Waals surface area contributed by atoms with E-state index >= 15 is 0 Å². The number of carbonyl (C=O) groups is 2. The molecule has 1 amide bonds. The molecule has 0 saturated heterocycles. The van der Waals surface area contributed by atoms with Crippen LogP contribution in [-0.2, 0) is 37.3 Å². The van der Waals surface area contributed by atoms with Crippen molar-refractivity contribution >= 4 is 34.8 Å². The van der Waals surface area contributed by atoms with Crippen LogP contribution in [0.2, 0.25) is 0 Å². The van der Waals surface area contributed by atoms with Gasteiger partial charge in [-0.15, -0.1) is 21.5 Å². The second kappa shape index (κ2) is 9.93. The van der Waals surface area contributed by atoms with E-state index in [0.29, 0.717) is 36.1 Å². The van der Waals surface area contributed by atoms with Crippen molar-refractivity contribution in [2.45, 2.75) is 63.1 Å². The summed E-state index contributed by atoms with van der Waals surface area (Å²) < 4.78 is 69.1. The zero-order valence-electron chi connectivity index (χ0n) is 21.3. The van der Waals surface area contributed by atoms with Crippen molar-refractivity contribution in [3.63, 3.8) is 0 Å². The van der Waals surface area contributed by atoms with E-state index in [-0.39, 0.29) is 54.8 Å². The van der Waals surface area contributed by atoms with Crippen molar-refractivity contribution in [3.05, 3.63) is 39.0 Å². The predicted molar refractivity (Wildman–Crippen MR) is 134 cm³/mol. The van der Waals surface area contributed by atoms with Gasteiger partial charge in [-0.3, -0.25) is 18.8 Å². The summed E-state index contributed by atoms with van der Waals surface area (Å²) in [5, 5.41) is 17.2. The maximum Gasteiger partial charge on any atom is 0.435 e. The lowest BCUT2D eigenvalue weighted by molar-refractivity contribution is -0.141. The van der Waals surface area contributed by atoms with E-state index in [1.54, 1.807) is 4.57 Å². The van der Waals surface area contributed by atoms with Gasteiger partial charge in [0.1, 0.15) is 30.3 Å². The van der Waals surface area contributed by atoms with Crippen LogP contribution in [0.4, 0.5) is 33.7 Å². The predicted octanol–water partition coefficient (Wildman–Crippen LogP) is 4.12. The minimum absolute atomic E-state index is 0.0349. The number of aromatic nitrogens is 5. The number of rotatable bonds is 9. The van der Waals surface area contributed by atoms with E-state index in [1.165, 1.54) is 24.7 Å². The van der Waals surface area contributed by atoms with E-state index in [9.17, 15) is 31.5 Å². The Hall–Kier alpha value is -3.36. The summed E-state index contributed by atoms with van der Waals surface area (Å²) in [6.45, 7) is 0.195. The van der Waals surface area contributed by atoms with Gasteiger partial charge in [-0.25, -0.2) is 8.78 Å². The average molecular weight is 584 g/mol. The van der Waals surface area contributed by atoms with Crippen LogP contribution in [0.1, 0.15) is 56.7 Å². The van der Waals surface area contributed by atoms with E-state index in [2.05, 4.69) is 25.9 Å². The Morgan fingerprint density at radius 2 is 1.95 bits per heavy atom. The SMILES string of the molecule is Cn1nc(C(F)(F)F)cc1Nc1nncn1[C@H]1CCc2sc(CC(=O)[C@H]3C[C@H]3F)c(C(=O)NC[C@@H]3C[C@@H]3F)c2C1. The molecule has 15 heteroatoms. The molecule has 0 unspecified atom stereocenters. The number of carbonyl (C=O) groups excluding carboxylic acids is 2. The third kappa shape index (κ3) is 5.22. The number of alkyl halides is 5. The fourth-order valence-corrected chi connectivity index (χ4v) is 6.56. The molecule has 3 aromatic rings. The molecule has 40 heavy (non-hydrogen) atoms. The number of anilines is 2. The third-order valence-electron chi connectivity index (χ3n) is 7.73. The lowest BCUT2D eigenvalue weighted by Crippen LogP contribution is -2.29. The molecule has 2 N–H and O–H groups in total. The van der Waals surface area contributed by atoms with Crippen LogP contribution in [0.25, 0.3) is 0 Å². The second-order valence-electron chi connectivity index (χ2n) is 10.6. The highest BCUT2D eigenvalue weighted by atomic mass is 32.1. The Balaban J connectivity index is 1.25. The van der Waals surface area contributed by atoms with Crippen molar-refractivity contribution in [2.24, 2.45) is 18.9 Å². The number of aryl methyl sites for hydroxylation is 2. The van der Waals surface area contributed by atoms with Gasteiger partial charge in [0, 0.05) is 47.8 Å². The van der Waals surface area contributed by atoms with E-state index in [0.717, 1.165) is 21.2 Å². The quantitative estimate of drug-likeness (QED) is 0.367. The molecular formula is C25H26F5N7O2S. The van der Waals surface area contributed by atoms with Crippen LogP contribution in [0.15, 0.2) is 12.4 Å². The number of hydrogen-bond acceptors (Lipinski definition) is 7. The largest absolute Gasteiger partial charge is 0.435 e. The summed E-state index contributed by atoms with van der Waals surface area (Å²) in [5.74, 6) is -1.17. The van der Waals surface area contributed by atoms with Gasteiger partial charge < -0.3 is 10.6 Å². The van der Waals surface area contributed by atoms with Crippen LogP contribution < -0.4 is 10.6 Å². The summed E-state index contributed by atoms with van der Waals surface area (Å²) >= 11 is 1.38.